The average Bonchev–Trinajstić information content (AvgIpc) is 2.74. The first-order chi connectivity index (χ1) is 14.0. The Balaban J connectivity index is 2.19. The summed E-state index contributed by atoms with van der Waals surface area (Å²) in [5.41, 5.74) is 1.31. The zero-order valence-electron chi connectivity index (χ0n) is 15.9. The van der Waals surface area contributed by atoms with E-state index in [1.54, 1.807) is 24.3 Å². The molecule has 3 aromatic rings. The van der Waals surface area contributed by atoms with Crippen LogP contribution in [0.5, 0.6) is 0 Å². The van der Waals surface area contributed by atoms with Gasteiger partial charge in [0.05, 0.1) is 5.69 Å². The zero-order chi connectivity index (χ0) is 20.8. The van der Waals surface area contributed by atoms with Gasteiger partial charge in [-0.1, -0.05) is 74.0 Å². The average molecular weight is 391 g/mol. The second-order valence-corrected chi connectivity index (χ2v) is 6.54. The molecular weight excluding hydrogens is 370 g/mol. The van der Waals surface area contributed by atoms with Crippen LogP contribution in [0.3, 0.4) is 0 Å². The molecule has 148 valence electrons. The molecule has 0 saturated carbocycles. The van der Waals surface area contributed by atoms with E-state index in [2.05, 4.69) is 15.5 Å². The van der Waals surface area contributed by atoms with E-state index >= 15 is 0 Å². The van der Waals surface area contributed by atoms with Gasteiger partial charge in [-0.3, -0.25) is 9.59 Å². The molecule has 29 heavy (non-hydrogen) atoms. The fourth-order valence-electron chi connectivity index (χ4n) is 3.13. The fraction of sp³-hybridized carbons (Fsp3) is 0.182. The van der Waals surface area contributed by atoms with Gasteiger partial charge in [0, 0.05) is 11.1 Å². The minimum atomic E-state index is -1.14. The van der Waals surface area contributed by atoms with Crippen molar-refractivity contribution in [1.82, 2.24) is 15.5 Å². The fourth-order valence-corrected chi connectivity index (χ4v) is 3.13. The number of hydrogen-bond acceptors (Lipinski definition) is 4. The van der Waals surface area contributed by atoms with Crippen LogP contribution < -0.4 is 10.9 Å². The van der Waals surface area contributed by atoms with Gasteiger partial charge in [0.15, 0.2) is 0 Å². The molecule has 1 atom stereocenters. The van der Waals surface area contributed by atoms with Crippen molar-refractivity contribution < 1.29 is 14.7 Å². The van der Waals surface area contributed by atoms with Gasteiger partial charge >= 0.3 is 5.97 Å². The number of nitrogens with zero attached hydrogens (tertiary/aromatic N) is 1. The number of aliphatic carboxylic acids is 1. The molecule has 0 aliphatic carbocycles. The molecule has 1 unspecified atom stereocenters. The lowest BCUT2D eigenvalue weighted by atomic mass is 9.95. The number of amides is 1. The number of rotatable bonds is 7. The van der Waals surface area contributed by atoms with Crippen molar-refractivity contribution in [2.45, 2.75) is 25.8 Å². The predicted molar refractivity (Wildman–Crippen MR) is 110 cm³/mol. The highest BCUT2D eigenvalue weighted by Crippen LogP contribution is 2.31. The Hall–Kier alpha value is -3.74. The number of nitrogens with one attached hydrogen (secondary N) is 2. The van der Waals surface area contributed by atoms with Gasteiger partial charge in [-0.15, -0.1) is 0 Å². The van der Waals surface area contributed by atoms with Gasteiger partial charge < -0.3 is 10.4 Å². The van der Waals surface area contributed by atoms with E-state index in [-0.39, 0.29) is 12.0 Å². The Labute approximate surface area is 167 Å². The maximum atomic E-state index is 13.0. The van der Waals surface area contributed by atoms with E-state index in [1.165, 1.54) is 0 Å². The highest BCUT2D eigenvalue weighted by molar-refractivity contribution is 6.04. The van der Waals surface area contributed by atoms with Gasteiger partial charge in [-0.2, -0.15) is 5.10 Å². The van der Waals surface area contributed by atoms with Crippen molar-refractivity contribution in [2.75, 3.05) is 0 Å². The molecule has 3 N–H and O–H groups in total. The number of carboxylic acid groups (broad SMARTS) is 1. The molecule has 0 aliphatic heterocycles. The van der Waals surface area contributed by atoms with E-state index in [9.17, 15) is 19.5 Å². The highest BCUT2D eigenvalue weighted by Gasteiger charge is 2.26. The Kier molecular flexibility index (Phi) is 6.19. The van der Waals surface area contributed by atoms with Gasteiger partial charge in [0.25, 0.3) is 11.5 Å². The molecule has 7 heteroatoms. The number of aromatic amines is 1. The molecule has 0 spiro atoms. The largest absolute Gasteiger partial charge is 0.480 e. The maximum Gasteiger partial charge on any atom is 0.326 e. The zero-order valence-corrected chi connectivity index (χ0v) is 15.9. The standard InChI is InChI=1S/C22H21N3O4/c1-2-9-16(22(28)29)23-20(26)18-17(14-10-5-3-6-11-14)19(24-25-21(18)27)15-12-7-4-8-13-15/h3-8,10-13,16H,2,9H2,1H3,(H,23,26)(H,25,27)(H,28,29). The molecule has 7 nitrogen and oxygen atoms in total. The van der Waals surface area contributed by atoms with Crippen LogP contribution in [0.25, 0.3) is 22.4 Å². The maximum absolute atomic E-state index is 13.0. The van der Waals surface area contributed by atoms with Crippen molar-refractivity contribution in [3.8, 4) is 22.4 Å². The van der Waals surface area contributed by atoms with Crippen molar-refractivity contribution >= 4 is 11.9 Å². The van der Waals surface area contributed by atoms with Crippen molar-refractivity contribution in [3.63, 3.8) is 0 Å². The van der Waals surface area contributed by atoms with Crippen LogP contribution >= 0.6 is 0 Å². The summed E-state index contributed by atoms with van der Waals surface area (Å²) in [7, 11) is 0. The summed E-state index contributed by atoms with van der Waals surface area (Å²) in [6.07, 6.45) is 0.834. The van der Waals surface area contributed by atoms with E-state index in [4.69, 9.17) is 0 Å². The van der Waals surface area contributed by atoms with Gasteiger partial charge in [-0.05, 0) is 12.0 Å². The van der Waals surface area contributed by atoms with Gasteiger partial charge in [-0.25, -0.2) is 9.89 Å². The minimum absolute atomic E-state index is 0.160. The van der Waals surface area contributed by atoms with Gasteiger partial charge in [0.2, 0.25) is 0 Å². The summed E-state index contributed by atoms with van der Waals surface area (Å²) in [5.74, 6) is -1.89. The number of carbonyl (C=O) groups is 2. The SMILES string of the molecule is CCCC(NC(=O)c1c(-c2ccccc2)c(-c2ccccc2)n[nH]c1=O)C(=O)O. The first-order valence-electron chi connectivity index (χ1n) is 9.30. The molecule has 3 rings (SSSR count). The van der Waals surface area contributed by atoms with Crippen molar-refractivity contribution in [1.29, 1.82) is 0 Å². The number of hydrogen-bond donors (Lipinski definition) is 3. The lowest BCUT2D eigenvalue weighted by Crippen LogP contribution is -2.43. The third kappa shape index (κ3) is 4.40. The molecule has 0 saturated heterocycles. The molecule has 2 aromatic carbocycles. The van der Waals surface area contributed by atoms with E-state index in [0.29, 0.717) is 23.2 Å². The van der Waals surface area contributed by atoms with Crippen LogP contribution in [0.1, 0.15) is 30.1 Å². The monoisotopic (exact) mass is 391 g/mol. The first-order valence-corrected chi connectivity index (χ1v) is 9.30. The van der Waals surface area contributed by atoms with E-state index in [1.807, 2.05) is 43.3 Å². The van der Waals surface area contributed by atoms with Crippen LogP contribution in [0.15, 0.2) is 65.5 Å². The normalized spacial score (nSPS) is 11.6. The molecule has 0 aliphatic rings. The Morgan fingerprint density at radius 1 is 1.03 bits per heavy atom. The van der Waals surface area contributed by atoms with E-state index in [0.717, 1.165) is 5.56 Å². The third-order valence-corrected chi connectivity index (χ3v) is 4.50. The van der Waals surface area contributed by atoms with Crippen LogP contribution in [-0.2, 0) is 4.79 Å². The molecular formula is C22H21N3O4. The molecule has 0 fully saturated rings. The van der Waals surface area contributed by atoms with Crippen LogP contribution in [0.2, 0.25) is 0 Å². The topological polar surface area (TPSA) is 112 Å². The second kappa shape index (κ2) is 8.97. The number of H-pyrrole nitrogens is 1. The lowest BCUT2D eigenvalue weighted by molar-refractivity contribution is -0.139. The Morgan fingerprint density at radius 3 is 2.17 bits per heavy atom. The highest BCUT2D eigenvalue weighted by atomic mass is 16.4. The quantitative estimate of drug-likeness (QED) is 0.573. The van der Waals surface area contributed by atoms with E-state index < -0.39 is 23.5 Å². The number of carbonyl (C=O) groups excluding carboxylic acids is 1. The summed E-state index contributed by atoms with van der Waals surface area (Å²) in [6, 6.07) is 17.1. The summed E-state index contributed by atoms with van der Waals surface area (Å²) in [4.78, 5) is 37.1. The Morgan fingerprint density at radius 2 is 1.62 bits per heavy atom. The number of aromatic nitrogens is 2. The smallest absolute Gasteiger partial charge is 0.326 e. The summed E-state index contributed by atoms with van der Waals surface area (Å²) < 4.78 is 0. The summed E-state index contributed by atoms with van der Waals surface area (Å²) in [5, 5.41) is 18.4. The number of carboxylic acids is 1. The summed E-state index contributed by atoms with van der Waals surface area (Å²) >= 11 is 0. The molecule has 1 amide bonds. The second-order valence-electron chi connectivity index (χ2n) is 6.54. The van der Waals surface area contributed by atoms with Crippen LogP contribution in [0, 0.1) is 0 Å². The summed E-state index contributed by atoms with van der Waals surface area (Å²) in [6.45, 7) is 1.82. The lowest BCUT2D eigenvalue weighted by Gasteiger charge is -2.17. The molecule has 0 radical (unpaired) electrons. The number of benzene rings is 2. The molecule has 0 bridgehead atoms. The molecule has 1 heterocycles. The van der Waals surface area contributed by atoms with Crippen LogP contribution in [0.4, 0.5) is 0 Å². The van der Waals surface area contributed by atoms with Crippen molar-refractivity contribution in [2.24, 2.45) is 0 Å². The van der Waals surface area contributed by atoms with Crippen molar-refractivity contribution in [3.05, 3.63) is 76.6 Å². The first kappa shape index (κ1) is 20.0. The van der Waals surface area contributed by atoms with Crippen LogP contribution in [-0.4, -0.2) is 33.2 Å². The van der Waals surface area contributed by atoms with Gasteiger partial charge in [0.1, 0.15) is 11.6 Å². The minimum Gasteiger partial charge on any atom is -0.480 e. The molecule has 1 aromatic heterocycles. The predicted octanol–water partition coefficient (Wildman–Crippen LogP) is 3.09. The Bertz CT molecular complexity index is 1060. The third-order valence-electron chi connectivity index (χ3n) is 4.50.